The van der Waals surface area contributed by atoms with Gasteiger partial charge in [0.1, 0.15) is 18.4 Å². The Kier molecular flexibility index (Phi) is 6.98. The molecular formula is C24H32FN2O3+. The Bertz CT molecular complexity index is 900. The molecule has 5 nitrogen and oxygen atoms in total. The number of rotatable bonds is 7. The topological polar surface area (TPSA) is 52.0 Å². The molecule has 2 aromatic rings. The van der Waals surface area contributed by atoms with Crippen LogP contribution in [0.3, 0.4) is 0 Å². The largest absolute Gasteiger partial charge is 0.493 e. The van der Waals surface area contributed by atoms with Crippen LogP contribution in [0, 0.1) is 11.7 Å². The van der Waals surface area contributed by atoms with Crippen molar-refractivity contribution < 1.29 is 23.6 Å². The molecule has 0 saturated heterocycles. The van der Waals surface area contributed by atoms with E-state index in [1.165, 1.54) is 16.5 Å². The molecule has 2 N–H and O–H groups in total. The minimum absolute atomic E-state index is 0.0142. The highest BCUT2D eigenvalue weighted by molar-refractivity contribution is 5.78. The van der Waals surface area contributed by atoms with Crippen LogP contribution in [0.25, 0.3) is 0 Å². The summed E-state index contributed by atoms with van der Waals surface area (Å²) in [5, 5.41) is 3.16. The number of nitrogens with one attached hydrogen (secondary N) is 2. The van der Waals surface area contributed by atoms with Crippen LogP contribution >= 0.6 is 0 Å². The molecule has 1 aliphatic heterocycles. The summed E-state index contributed by atoms with van der Waals surface area (Å²) in [6, 6.07) is 10.8. The van der Waals surface area contributed by atoms with E-state index in [-0.39, 0.29) is 29.7 Å². The number of hydrogen-bond donors (Lipinski definition) is 2. The Balaban J connectivity index is 2.01. The Labute approximate surface area is 178 Å². The van der Waals surface area contributed by atoms with Gasteiger partial charge in [-0.25, -0.2) is 4.39 Å². The van der Waals surface area contributed by atoms with Crippen LogP contribution in [0.1, 0.15) is 43.5 Å². The smallest absolute Gasteiger partial charge is 0.222 e. The van der Waals surface area contributed by atoms with Gasteiger partial charge in [0.05, 0.1) is 26.8 Å². The van der Waals surface area contributed by atoms with Crippen molar-refractivity contribution in [1.29, 1.82) is 0 Å². The third-order valence-corrected chi connectivity index (χ3v) is 5.91. The Hall–Kier alpha value is -2.60. The lowest BCUT2D eigenvalue weighted by molar-refractivity contribution is -0.948. The third-order valence-electron chi connectivity index (χ3n) is 5.91. The maximum atomic E-state index is 14.4. The summed E-state index contributed by atoms with van der Waals surface area (Å²) < 4.78 is 25.4. The Morgan fingerprint density at radius 3 is 2.47 bits per heavy atom. The Morgan fingerprint density at radius 1 is 1.17 bits per heavy atom. The molecule has 0 aliphatic carbocycles. The van der Waals surface area contributed by atoms with Gasteiger partial charge in [0.25, 0.3) is 0 Å². The number of amides is 1. The van der Waals surface area contributed by atoms with Gasteiger partial charge in [0, 0.05) is 23.5 Å². The van der Waals surface area contributed by atoms with Gasteiger partial charge in [-0.2, -0.15) is 0 Å². The molecule has 0 saturated carbocycles. The lowest BCUT2D eigenvalue weighted by Gasteiger charge is -2.38. The lowest BCUT2D eigenvalue weighted by atomic mass is 9.87. The normalized spacial score (nSPS) is 19.2. The molecule has 0 radical (unpaired) electrons. The number of quaternary nitrogens is 1. The zero-order valence-electron chi connectivity index (χ0n) is 18.4. The zero-order chi connectivity index (χ0) is 21.8. The first-order chi connectivity index (χ1) is 14.3. The van der Waals surface area contributed by atoms with Crippen LogP contribution in [0.2, 0.25) is 0 Å². The van der Waals surface area contributed by atoms with Crippen molar-refractivity contribution in [3.63, 3.8) is 0 Å². The van der Waals surface area contributed by atoms with Gasteiger partial charge in [-0.15, -0.1) is 0 Å². The number of ether oxygens (including phenoxy) is 2. The summed E-state index contributed by atoms with van der Waals surface area (Å²) >= 11 is 0. The first kappa shape index (κ1) is 22.1. The van der Waals surface area contributed by atoms with Gasteiger partial charge in [-0.3, -0.25) is 4.79 Å². The van der Waals surface area contributed by atoms with Crippen LogP contribution in [-0.2, 0) is 17.8 Å². The number of halogens is 1. The van der Waals surface area contributed by atoms with E-state index in [4.69, 9.17) is 9.47 Å². The first-order valence-electron chi connectivity index (χ1n) is 10.5. The van der Waals surface area contributed by atoms with E-state index in [9.17, 15) is 9.18 Å². The average molecular weight is 416 g/mol. The van der Waals surface area contributed by atoms with Crippen LogP contribution in [0.15, 0.2) is 36.4 Å². The number of benzene rings is 2. The molecule has 1 unspecified atom stereocenters. The second-order valence-electron chi connectivity index (χ2n) is 8.26. The van der Waals surface area contributed by atoms with E-state index in [2.05, 4.69) is 5.32 Å². The van der Waals surface area contributed by atoms with Crippen LogP contribution in [0.5, 0.6) is 11.5 Å². The van der Waals surface area contributed by atoms with E-state index in [1.54, 1.807) is 20.3 Å². The number of fused-ring (bicyclic) bond motifs is 1. The molecule has 6 heteroatoms. The quantitative estimate of drug-likeness (QED) is 0.731. The van der Waals surface area contributed by atoms with E-state index >= 15 is 0 Å². The van der Waals surface area contributed by atoms with Gasteiger partial charge in [-0.1, -0.05) is 32.0 Å². The third kappa shape index (κ3) is 4.59. The molecule has 1 amide bonds. The number of carbonyl (C=O) groups is 1. The number of hydrogen-bond acceptors (Lipinski definition) is 3. The summed E-state index contributed by atoms with van der Waals surface area (Å²) in [5.41, 5.74) is 2.98. The van der Waals surface area contributed by atoms with Crippen molar-refractivity contribution in [2.45, 2.75) is 45.8 Å². The average Bonchev–Trinajstić information content (AvgIpc) is 2.73. The molecule has 0 fully saturated rings. The number of carbonyl (C=O) groups excluding carboxylic acids is 1. The van der Waals surface area contributed by atoms with E-state index < -0.39 is 0 Å². The van der Waals surface area contributed by atoms with Gasteiger partial charge in [0.15, 0.2) is 11.5 Å². The summed E-state index contributed by atoms with van der Waals surface area (Å²) in [5.74, 6) is 1.08. The van der Waals surface area contributed by atoms with E-state index in [1.807, 2.05) is 45.0 Å². The second-order valence-corrected chi connectivity index (χ2v) is 8.26. The molecule has 1 heterocycles. The van der Waals surface area contributed by atoms with Crippen LogP contribution < -0.4 is 19.7 Å². The first-order valence-corrected chi connectivity index (χ1v) is 10.5. The van der Waals surface area contributed by atoms with Gasteiger partial charge in [0.2, 0.25) is 5.91 Å². The molecule has 0 aromatic heterocycles. The summed E-state index contributed by atoms with van der Waals surface area (Å²) in [4.78, 5) is 13.6. The van der Waals surface area contributed by atoms with Crippen molar-refractivity contribution in [2.75, 3.05) is 20.8 Å². The van der Waals surface area contributed by atoms with Crippen molar-refractivity contribution in [3.05, 3.63) is 58.9 Å². The van der Waals surface area contributed by atoms with Gasteiger partial charge < -0.3 is 19.7 Å². The van der Waals surface area contributed by atoms with Gasteiger partial charge in [-0.05, 0) is 30.7 Å². The standard InChI is InChI=1S/C24H31FN2O3/c1-15(2)24(28)26-16(3)23-19-13-22(30-5)21(29-4)12-17(19)10-11-27(23)14-18-8-6-7-9-20(18)25/h6-9,12-13,15-16,23H,10-11,14H2,1-5H3,(H,26,28)/p+1/t16-,23+/m1/s1. The van der Waals surface area contributed by atoms with Crippen LogP contribution in [0.4, 0.5) is 4.39 Å². The summed E-state index contributed by atoms with van der Waals surface area (Å²) in [6.07, 6.45) is 0.848. The van der Waals surface area contributed by atoms with Crippen molar-refractivity contribution in [1.82, 2.24) is 5.32 Å². The minimum atomic E-state index is -0.194. The molecule has 2 aromatic carbocycles. The van der Waals surface area contributed by atoms with E-state index in [0.29, 0.717) is 23.6 Å². The van der Waals surface area contributed by atoms with Crippen molar-refractivity contribution in [2.24, 2.45) is 5.92 Å². The fraction of sp³-hybridized carbons (Fsp3) is 0.458. The minimum Gasteiger partial charge on any atom is -0.493 e. The molecule has 0 bridgehead atoms. The predicted molar refractivity (Wildman–Crippen MR) is 114 cm³/mol. The zero-order valence-corrected chi connectivity index (χ0v) is 18.4. The van der Waals surface area contributed by atoms with Gasteiger partial charge >= 0.3 is 0 Å². The fourth-order valence-electron chi connectivity index (χ4n) is 4.30. The second kappa shape index (κ2) is 9.47. The monoisotopic (exact) mass is 415 g/mol. The predicted octanol–water partition coefficient (Wildman–Crippen LogP) is 2.69. The highest BCUT2D eigenvalue weighted by Gasteiger charge is 2.37. The molecule has 3 rings (SSSR count). The van der Waals surface area contributed by atoms with Crippen molar-refractivity contribution >= 4 is 5.91 Å². The summed E-state index contributed by atoms with van der Waals surface area (Å²) in [7, 11) is 3.25. The van der Waals surface area contributed by atoms with E-state index in [0.717, 1.165) is 18.5 Å². The summed E-state index contributed by atoms with van der Waals surface area (Å²) in [6.45, 7) is 7.18. The molecule has 3 atom stereocenters. The molecule has 0 spiro atoms. The SMILES string of the molecule is COc1cc2c(cc1OC)[C@H]([C@@H](C)NC(=O)C(C)C)[NH+](Cc1ccccc1F)CC2. The molecular weight excluding hydrogens is 383 g/mol. The lowest BCUT2D eigenvalue weighted by Crippen LogP contribution is -3.13. The van der Waals surface area contributed by atoms with Crippen LogP contribution in [-0.4, -0.2) is 32.7 Å². The molecule has 162 valence electrons. The highest BCUT2D eigenvalue weighted by atomic mass is 19.1. The number of methoxy groups -OCH3 is 2. The Morgan fingerprint density at radius 2 is 1.83 bits per heavy atom. The molecule has 1 aliphatic rings. The maximum Gasteiger partial charge on any atom is 0.222 e. The highest BCUT2D eigenvalue weighted by Crippen LogP contribution is 2.35. The molecule has 30 heavy (non-hydrogen) atoms. The fourth-order valence-corrected chi connectivity index (χ4v) is 4.30. The maximum absolute atomic E-state index is 14.4. The van der Waals surface area contributed by atoms with Crippen molar-refractivity contribution in [3.8, 4) is 11.5 Å².